The summed E-state index contributed by atoms with van der Waals surface area (Å²) in [6, 6.07) is 4.97. The van der Waals surface area contributed by atoms with Gasteiger partial charge >= 0.3 is 0 Å². The van der Waals surface area contributed by atoms with Crippen LogP contribution in [0, 0.1) is 0 Å². The number of amides is 2. The van der Waals surface area contributed by atoms with Crippen molar-refractivity contribution in [2.75, 3.05) is 16.4 Å². The van der Waals surface area contributed by atoms with Crippen LogP contribution in [0.15, 0.2) is 23.1 Å². The molecule has 0 unspecified atom stereocenters. The highest BCUT2D eigenvalue weighted by Gasteiger charge is 2.17. The minimum Gasteiger partial charge on any atom is -0.325 e. The Kier molecular flexibility index (Phi) is 4.44. The highest BCUT2D eigenvalue weighted by molar-refractivity contribution is 8.00. The average Bonchev–Trinajstić information content (AvgIpc) is 2.38. The Hall–Kier alpha value is -1.53. The van der Waals surface area contributed by atoms with Crippen molar-refractivity contribution >= 4 is 35.0 Å². The third-order valence-corrected chi connectivity index (χ3v) is 3.89. The van der Waals surface area contributed by atoms with Crippen LogP contribution >= 0.6 is 11.8 Å². The summed E-state index contributed by atoms with van der Waals surface area (Å²) in [4.78, 5) is 24.1. The van der Waals surface area contributed by atoms with Gasteiger partial charge in [0.25, 0.3) is 0 Å². The molecule has 1 aromatic rings. The highest BCUT2D eigenvalue weighted by atomic mass is 32.2. The number of carbonyl (C=O) groups is 2. The van der Waals surface area contributed by atoms with E-state index in [-0.39, 0.29) is 11.8 Å². The van der Waals surface area contributed by atoms with E-state index in [1.807, 2.05) is 19.1 Å². The second-order valence-electron chi connectivity index (χ2n) is 4.43. The number of nitrogens with one attached hydrogen (secondary N) is 2. The molecule has 0 radical (unpaired) electrons. The Labute approximate surface area is 116 Å². The highest BCUT2D eigenvalue weighted by Crippen LogP contribution is 2.33. The number of hydrogen-bond acceptors (Lipinski definition) is 4. The monoisotopic (exact) mass is 279 g/mol. The molecule has 1 aromatic carbocycles. The number of anilines is 2. The van der Waals surface area contributed by atoms with E-state index in [2.05, 4.69) is 10.6 Å². The zero-order valence-corrected chi connectivity index (χ0v) is 11.5. The van der Waals surface area contributed by atoms with Crippen molar-refractivity contribution < 1.29 is 9.59 Å². The fourth-order valence-corrected chi connectivity index (χ4v) is 2.63. The molecule has 0 aliphatic carbocycles. The van der Waals surface area contributed by atoms with Crippen molar-refractivity contribution in [3.63, 3.8) is 0 Å². The van der Waals surface area contributed by atoms with Crippen LogP contribution in [-0.4, -0.2) is 23.6 Å². The lowest BCUT2D eigenvalue weighted by molar-refractivity contribution is -0.117. The average molecular weight is 279 g/mol. The molecule has 102 valence electrons. The Bertz CT molecular complexity index is 505. The lowest BCUT2D eigenvalue weighted by Gasteiger charge is -2.18. The molecule has 0 aromatic heterocycles. The van der Waals surface area contributed by atoms with Crippen LogP contribution in [0.4, 0.5) is 11.4 Å². The van der Waals surface area contributed by atoms with Crippen LogP contribution in [0.1, 0.15) is 19.8 Å². The second kappa shape index (κ2) is 6.08. The molecule has 2 rings (SSSR count). The summed E-state index contributed by atoms with van der Waals surface area (Å²) in [6.45, 7) is 1.98. The predicted molar refractivity (Wildman–Crippen MR) is 77.3 cm³/mol. The molecule has 0 bridgehead atoms. The molecule has 2 amide bonds. The molecule has 0 spiro atoms. The van der Waals surface area contributed by atoms with E-state index in [0.717, 1.165) is 17.0 Å². The fraction of sp³-hybridized carbons (Fsp3) is 0.385. The van der Waals surface area contributed by atoms with Crippen LogP contribution in [0.2, 0.25) is 0 Å². The third kappa shape index (κ3) is 3.48. The molecule has 6 heteroatoms. The van der Waals surface area contributed by atoms with Gasteiger partial charge in [0.05, 0.1) is 17.5 Å². The third-order valence-electron chi connectivity index (χ3n) is 2.82. The molecule has 0 saturated carbocycles. The normalized spacial score (nSPS) is 15.4. The summed E-state index contributed by atoms with van der Waals surface area (Å²) in [5, 5.41) is 5.55. The maximum Gasteiger partial charge on any atom is 0.241 e. The Balaban J connectivity index is 2.08. The minimum absolute atomic E-state index is 0.0244. The molecule has 1 aliphatic rings. The smallest absolute Gasteiger partial charge is 0.241 e. The summed E-state index contributed by atoms with van der Waals surface area (Å²) in [6.07, 6.45) is 1.52. The number of hydrogen-bond donors (Lipinski definition) is 3. The molecule has 5 nitrogen and oxygen atoms in total. The van der Waals surface area contributed by atoms with Gasteiger partial charge in [-0.1, -0.05) is 13.3 Å². The van der Waals surface area contributed by atoms with Gasteiger partial charge in [-0.3, -0.25) is 9.59 Å². The van der Waals surface area contributed by atoms with Crippen LogP contribution in [0.5, 0.6) is 0 Å². The van der Waals surface area contributed by atoms with E-state index < -0.39 is 6.04 Å². The van der Waals surface area contributed by atoms with Crippen molar-refractivity contribution in [1.82, 2.24) is 0 Å². The molecule has 1 atom stereocenters. The van der Waals surface area contributed by atoms with Gasteiger partial charge in [0.2, 0.25) is 11.8 Å². The van der Waals surface area contributed by atoms with Crippen molar-refractivity contribution in [2.24, 2.45) is 5.73 Å². The first-order valence-corrected chi connectivity index (χ1v) is 7.22. The quantitative estimate of drug-likeness (QED) is 0.784. The first-order chi connectivity index (χ1) is 9.10. The van der Waals surface area contributed by atoms with Gasteiger partial charge in [-0.2, -0.15) is 0 Å². The van der Waals surface area contributed by atoms with Gasteiger partial charge in [0.1, 0.15) is 0 Å². The largest absolute Gasteiger partial charge is 0.325 e. The summed E-state index contributed by atoms with van der Waals surface area (Å²) in [5.41, 5.74) is 7.14. The Morgan fingerprint density at radius 3 is 3.11 bits per heavy atom. The van der Waals surface area contributed by atoms with Crippen LogP contribution in [0.3, 0.4) is 0 Å². The minimum atomic E-state index is -0.495. The topological polar surface area (TPSA) is 84.2 Å². The van der Waals surface area contributed by atoms with E-state index >= 15 is 0 Å². The van der Waals surface area contributed by atoms with Gasteiger partial charge < -0.3 is 16.4 Å². The Morgan fingerprint density at radius 2 is 2.37 bits per heavy atom. The van der Waals surface area contributed by atoms with Gasteiger partial charge in [0.15, 0.2) is 0 Å². The fourth-order valence-electron chi connectivity index (χ4n) is 1.84. The lowest BCUT2D eigenvalue weighted by Crippen LogP contribution is -2.35. The van der Waals surface area contributed by atoms with Gasteiger partial charge in [-0.05, 0) is 24.6 Å². The number of thioether (sulfide) groups is 1. The molecule has 1 aliphatic heterocycles. The first-order valence-electron chi connectivity index (χ1n) is 6.23. The maximum atomic E-state index is 11.8. The van der Waals surface area contributed by atoms with E-state index in [4.69, 9.17) is 5.73 Å². The van der Waals surface area contributed by atoms with Crippen LogP contribution in [0.25, 0.3) is 0 Å². The molecule has 1 heterocycles. The van der Waals surface area contributed by atoms with Gasteiger partial charge in [-0.15, -0.1) is 11.8 Å². The van der Waals surface area contributed by atoms with Crippen LogP contribution < -0.4 is 16.4 Å². The van der Waals surface area contributed by atoms with Crippen molar-refractivity contribution in [3.05, 3.63) is 18.2 Å². The zero-order valence-electron chi connectivity index (χ0n) is 10.7. The van der Waals surface area contributed by atoms with Crippen LogP contribution in [-0.2, 0) is 9.59 Å². The summed E-state index contributed by atoms with van der Waals surface area (Å²) in [5.74, 6) is 0.209. The number of benzene rings is 1. The predicted octanol–water partition coefficient (Wildman–Crippen LogP) is 1.80. The molecular weight excluding hydrogens is 262 g/mol. The molecule has 4 N–H and O–H groups in total. The van der Waals surface area contributed by atoms with E-state index in [9.17, 15) is 9.59 Å². The van der Waals surface area contributed by atoms with E-state index in [1.165, 1.54) is 11.8 Å². The second-order valence-corrected chi connectivity index (χ2v) is 5.45. The number of fused-ring (bicyclic) bond motifs is 1. The molecule has 19 heavy (non-hydrogen) atoms. The molecular formula is C13H17N3O2S. The Morgan fingerprint density at radius 1 is 1.58 bits per heavy atom. The number of nitrogens with two attached hydrogens (primary N) is 1. The summed E-state index contributed by atoms with van der Waals surface area (Å²) in [7, 11) is 0. The standard InChI is InChI=1S/C13H17N3O2S/c1-2-3-9(14)13(18)15-8-4-5-11-10(6-8)16-12(17)7-19-11/h4-6,9H,2-3,7,14H2,1H3,(H,15,18)(H,16,17)/t9-/m1/s1. The van der Waals surface area contributed by atoms with Crippen molar-refractivity contribution in [2.45, 2.75) is 30.7 Å². The SMILES string of the molecule is CCC[C@@H](N)C(=O)Nc1ccc2c(c1)NC(=O)CS2. The first kappa shape index (κ1) is 13.9. The van der Waals surface area contributed by atoms with E-state index in [0.29, 0.717) is 17.9 Å². The van der Waals surface area contributed by atoms with E-state index in [1.54, 1.807) is 6.07 Å². The molecule has 0 fully saturated rings. The van der Waals surface area contributed by atoms with Gasteiger partial charge in [0, 0.05) is 10.6 Å². The van der Waals surface area contributed by atoms with Crippen molar-refractivity contribution in [3.8, 4) is 0 Å². The summed E-state index contributed by atoms with van der Waals surface area (Å²) >= 11 is 1.49. The maximum absolute atomic E-state index is 11.8. The number of carbonyl (C=O) groups excluding carboxylic acids is 2. The molecule has 0 saturated heterocycles. The number of rotatable bonds is 4. The zero-order chi connectivity index (χ0) is 13.8. The van der Waals surface area contributed by atoms with Gasteiger partial charge in [-0.25, -0.2) is 0 Å². The lowest BCUT2D eigenvalue weighted by atomic mass is 10.1. The summed E-state index contributed by atoms with van der Waals surface area (Å²) < 4.78 is 0. The van der Waals surface area contributed by atoms with Crippen molar-refractivity contribution in [1.29, 1.82) is 0 Å².